The summed E-state index contributed by atoms with van der Waals surface area (Å²) in [5.74, 6) is 0.918. The van der Waals surface area contributed by atoms with E-state index in [9.17, 15) is 9.59 Å². The normalized spacial score (nSPS) is 12.0. The van der Waals surface area contributed by atoms with E-state index in [1.54, 1.807) is 0 Å². The molecule has 2 aromatic rings. The standard InChI is InChI=1S/C17H23N5O2/c1-11(2)15(19-12(3)23)17(24)18-10-14-20-21-16(22(14)4)13-8-6-5-7-9-13/h5-9,11,15H,10H2,1-4H3,(H,18,24)(H,19,23)/t15-/m1/s1. The molecular weight excluding hydrogens is 306 g/mol. The van der Waals surface area contributed by atoms with Crippen LogP contribution in [0.2, 0.25) is 0 Å². The lowest BCUT2D eigenvalue weighted by atomic mass is 10.0. The molecule has 1 aromatic carbocycles. The number of hydrogen-bond donors (Lipinski definition) is 2. The average molecular weight is 329 g/mol. The molecule has 0 bridgehead atoms. The van der Waals surface area contributed by atoms with E-state index in [0.29, 0.717) is 5.82 Å². The molecule has 0 saturated heterocycles. The Bertz CT molecular complexity index is 709. The summed E-state index contributed by atoms with van der Waals surface area (Å²) in [6.45, 7) is 5.42. The van der Waals surface area contributed by atoms with Crippen LogP contribution in [0.4, 0.5) is 0 Å². The number of hydrogen-bond acceptors (Lipinski definition) is 4. The first-order chi connectivity index (χ1) is 11.4. The average Bonchev–Trinajstić information content (AvgIpc) is 2.91. The van der Waals surface area contributed by atoms with Gasteiger partial charge in [0.2, 0.25) is 11.8 Å². The van der Waals surface area contributed by atoms with Gasteiger partial charge in [-0.3, -0.25) is 9.59 Å². The molecule has 2 rings (SSSR count). The summed E-state index contributed by atoms with van der Waals surface area (Å²) in [6.07, 6.45) is 0. The molecule has 0 aliphatic rings. The van der Waals surface area contributed by atoms with Gasteiger partial charge >= 0.3 is 0 Å². The smallest absolute Gasteiger partial charge is 0.243 e. The van der Waals surface area contributed by atoms with Gasteiger partial charge in [0.15, 0.2) is 11.6 Å². The SMILES string of the molecule is CC(=O)N[C@@H](C(=O)NCc1nnc(-c2ccccc2)n1C)C(C)C. The first-order valence-electron chi connectivity index (χ1n) is 7.88. The zero-order valence-corrected chi connectivity index (χ0v) is 14.4. The summed E-state index contributed by atoms with van der Waals surface area (Å²) in [7, 11) is 1.86. The molecule has 128 valence electrons. The predicted molar refractivity (Wildman–Crippen MR) is 90.7 cm³/mol. The minimum absolute atomic E-state index is 0.00623. The van der Waals surface area contributed by atoms with Gasteiger partial charge in [-0.15, -0.1) is 10.2 Å². The summed E-state index contributed by atoms with van der Waals surface area (Å²) < 4.78 is 1.85. The molecule has 0 fully saturated rings. The molecule has 0 radical (unpaired) electrons. The van der Waals surface area contributed by atoms with Gasteiger partial charge in [-0.05, 0) is 5.92 Å². The summed E-state index contributed by atoms with van der Waals surface area (Å²) in [5, 5.41) is 13.8. The van der Waals surface area contributed by atoms with Crippen LogP contribution >= 0.6 is 0 Å². The molecule has 7 nitrogen and oxygen atoms in total. The Balaban J connectivity index is 2.06. The highest BCUT2D eigenvalue weighted by atomic mass is 16.2. The molecule has 1 atom stereocenters. The molecule has 0 aliphatic carbocycles. The van der Waals surface area contributed by atoms with Crippen molar-refractivity contribution in [3.63, 3.8) is 0 Å². The fourth-order valence-electron chi connectivity index (χ4n) is 2.38. The first-order valence-corrected chi connectivity index (χ1v) is 7.88. The second-order valence-electron chi connectivity index (χ2n) is 6.00. The monoisotopic (exact) mass is 329 g/mol. The Morgan fingerprint density at radius 3 is 2.42 bits per heavy atom. The van der Waals surface area contributed by atoms with Crippen LogP contribution in [0.15, 0.2) is 30.3 Å². The number of rotatable bonds is 6. The highest BCUT2D eigenvalue weighted by molar-refractivity contribution is 5.86. The highest BCUT2D eigenvalue weighted by Gasteiger charge is 2.23. The molecular formula is C17H23N5O2. The van der Waals surface area contributed by atoms with Crippen molar-refractivity contribution < 1.29 is 9.59 Å². The van der Waals surface area contributed by atoms with Crippen LogP contribution in [-0.4, -0.2) is 32.6 Å². The third-order valence-corrected chi connectivity index (χ3v) is 3.73. The Kier molecular flexibility index (Phi) is 5.68. The lowest BCUT2D eigenvalue weighted by Crippen LogP contribution is -2.49. The van der Waals surface area contributed by atoms with E-state index in [1.165, 1.54) is 6.92 Å². The third-order valence-electron chi connectivity index (χ3n) is 3.73. The minimum atomic E-state index is -0.565. The molecule has 0 spiro atoms. The van der Waals surface area contributed by atoms with Crippen molar-refractivity contribution in [2.45, 2.75) is 33.4 Å². The van der Waals surface area contributed by atoms with Gasteiger partial charge in [-0.2, -0.15) is 0 Å². The van der Waals surface area contributed by atoms with Crippen molar-refractivity contribution in [1.82, 2.24) is 25.4 Å². The van der Waals surface area contributed by atoms with Gasteiger partial charge in [0, 0.05) is 19.5 Å². The molecule has 2 amide bonds. The maximum atomic E-state index is 12.3. The van der Waals surface area contributed by atoms with Gasteiger partial charge < -0.3 is 15.2 Å². The molecule has 1 heterocycles. The fraction of sp³-hybridized carbons (Fsp3) is 0.412. The van der Waals surface area contributed by atoms with E-state index in [1.807, 2.05) is 55.8 Å². The molecule has 0 saturated carbocycles. The van der Waals surface area contributed by atoms with E-state index < -0.39 is 6.04 Å². The minimum Gasteiger partial charge on any atom is -0.347 e. The van der Waals surface area contributed by atoms with Crippen molar-refractivity contribution in [2.24, 2.45) is 13.0 Å². The number of nitrogens with zero attached hydrogens (tertiary/aromatic N) is 3. The maximum Gasteiger partial charge on any atom is 0.243 e. The number of benzene rings is 1. The number of carbonyl (C=O) groups is 2. The topological polar surface area (TPSA) is 88.9 Å². The zero-order chi connectivity index (χ0) is 17.7. The number of carbonyl (C=O) groups excluding carboxylic acids is 2. The molecule has 0 unspecified atom stereocenters. The van der Waals surface area contributed by atoms with Crippen molar-refractivity contribution >= 4 is 11.8 Å². The molecule has 1 aromatic heterocycles. The third kappa shape index (κ3) is 4.18. The van der Waals surface area contributed by atoms with Gasteiger partial charge in [0.1, 0.15) is 6.04 Å². The Morgan fingerprint density at radius 2 is 1.83 bits per heavy atom. The largest absolute Gasteiger partial charge is 0.347 e. The number of amides is 2. The van der Waals surface area contributed by atoms with Crippen molar-refractivity contribution in [3.05, 3.63) is 36.2 Å². The van der Waals surface area contributed by atoms with E-state index in [0.717, 1.165) is 11.4 Å². The van der Waals surface area contributed by atoms with Crippen LogP contribution in [-0.2, 0) is 23.2 Å². The summed E-state index contributed by atoms with van der Waals surface area (Å²) in [5.41, 5.74) is 0.961. The van der Waals surface area contributed by atoms with Crippen LogP contribution in [0, 0.1) is 5.92 Å². The van der Waals surface area contributed by atoms with Crippen molar-refractivity contribution in [3.8, 4) is 11.4 Å². The van der Waals surface area contributed by atoms with Crippen LogP contribution in [0.5, 0.6) is 0 Å². The van der Waals surface area contributed by atoms with E-state index >= 15 is 0 Å². The second-order valence-corrected chi connectivity index (χ2v) is 6.00. The van der Waals surface area contributed by atoms with Crippen LogP contribution in [0.1, 0.15) is 26.6 Å². The van der Waals surface area contributed by atoms with E-state index in [-0.39, 0.29) is 24.3 Å². The van der Waals surface area contributed by atoms with Gasteiger partial charge in [0.05, 0.1) is 6.54 Å². The highest BCUT2D eigenvalue weighted by Crippen LogP contribution is 2.16. The van der Waals surface area contributed by atoms with Crippen LogP contribution < -0.4 is 10.6 Å². The molecule has 2 N–H and O–H groups in total. The summed E-state index contributed by atoms with van der Waals surface area (Å²) in [4.78, 5) is 23.5. The lowest BCUT2D eigenvalue weighted by Gasteiger charge is -2.20. The van der Waals surface area contributed by atoms with Gasteiger partial charge in [0.25, 0.3) is 0 Å². The summed E-state index contributed by atoms with van der Waals surface area (Å²) in [6, 6.07) is 9.16. The first kappa shape index (κ1) is 17.7. The Hall–Kier alpha value is -2.70. The van der Waals surface area contributed by atoms with E-state index in [4.69, 9.17) is 0 Å². The Labute approximate surface area is 141 Å². The lowest BCUT2D eigenvalue weighted by molar-refractivity contribution is -0.129. The maximum absolute atomic E-state index is 12.3. The van der Waals surface area contributed by atoms with Crippen molar-refractivity contribution in [2.75, 3.05) is 0 Å². The van der Waals surface area contributed by atoms with E-state index in [2.05, 4.69) is 20.8 Å². The predicted octanol–water partition coefficient (Wildman–Crippen LogP) is 1.26. The fourth-order valence-corrected chi connectivity index (χ4v) is 2.38. The molecule has 0 aliphatic heterocycles. The van der Waals surface area contributed by atoms with Gasteiger partial charge in [-0.1, -0.05) is 44.2 Å². The molecule has 24 heavy (non-hydrogen) atoms. The number of nitrogens with one attached hydrogen (secondary N) is 2. The van der Waals surface area contributed by atoms with Gasteiger partial charge in [-0.25, -0.2) is 0 Å². The van der Waals surface area contributed by atoms with Crippen LogP contribution in [0.25, 0.3) is 11.4 Å². The Morgan fingerprint density at radius 1 is 1.17 bits per heavy atom. The quantitative estimate of drug-likeness (QED) is 0.835. The van der Waals surface area contributed by atoms with Crippen LogP contribution in [0.3, 0.4) is 0 Å². The second kappa shape index (κ2) is 7.72. The number of aromatic nitrogens is 3. The summed E-state index contributed by atoms with van der Waals surface area (Å²) >= 11 is 0. The molecule has 7 heteroatoms. The zero-order valence-electron chi connectivity index (χ0n) is 14.4. The van der Waals surface area contributed by atoms with Crippen molar-refractivity contribution in [1.29, 1.82) is 0 Å².